The van der Waals surface area contributed by atoms with E-state index in [2.05, 4.69) is 15.3 Å². The number of anilines is 1. The Balaban J connectivity index is 2.24. The number of aromatic nitrogens is 2. The maximum atomic E-state index is 12.0. The topological polar surface area (TPSA) is 80.9 Å². The van der Waals surface area contributed by atoms with E-state index >= 15 is 0 Å². The second-order valence-electron chi connectivity index (χ2n) is 3.71. The Labute approximate surface area is 123 Å². The van der Waals surface area contributed by atoms with Crippen molar-refractivity contribution in [1.29, 1.82) is 0 Å². The van der Waals surface area contributed by atoms with Crippen molar-refractivity contribution < 1.29 is 4.79 Å². The van der Waals surface area contributed by atoms with E-state index < -0.39 is 0 Å². The molecule has 0 spiro atoms. The van der Waals surface area contributed by atoms with Gasteiger partial charge in [0, 0.05) is 11.9 Å². The van der Waals surface area contributed by atoms with Crippen LogP contribution in [0, 0.1) is 6.92 Å². The highest BCUT2D eigenvalue weighted by Gasteiger charge is 2.15. The zero-order chi connectivity index (χ0) is 14.0. The number of amides is 1. The van der Waals surface area contributed by atoms with E-state index in [1.807, 2.05) is 0 Å². The van der Waals surface area contributed by atoms with E-state index in [0.717, 1.165) is 5.56 Å². The zero-order valence-corrected chi connectivity index (χ0v) is 12.2. The van der Waals surface area contributed by atoms with Gasteiger partial charge in [0.05, 0.1) is 5.69 Å². The van der Waals surface area contributed by atoms with Gasteiger partial charge in [0.2, 0.25) is 0 Å². The Kier molecular flexibility index (Phi) is 4.36. The summed E-state index contributed by atoms with van der Waals surface area (Å²) in [5.41, 5.74) is 6.91. The Bertz CT molecular complexity index is 606. The molecule has 1 amide bonds. The lowest BCUT2D eigenvalue weighted by Crippen LogP contribution is -2.14. The van der Waals surface area contributed by atoms with Crippen LogP contribution in [0.4, 0.5) is 5.69 Å². The van der Waals surface area contributed by atoms with E-state index in [1.54, 1.807) is 18.4 Å². The number of hydrogen-bond acceptors (Lipinski definition) is 5. The molecule has 0 unspecified atom stereocenters. The first-order valence-electron chi connectivity index (χ1n) is 5.29. The lowest BCUT2D eigenvalue weighted by Gasteiger charge is -2.08. The number of halogens is 2. The summed E-state index contributed by atoms with van der Waals surface area (Å²) in [5, 5.41) is 5.43. The Morgan fingerprint density at radius 3 is 2.79 bits per heavy atom. The van der Waals surface area contributed by atoms with Gasteiger partial charge in [0.1, 0.15) is 15.9 Å². The largest absolute Gasteiger partial charge is 0.325 e. The molecule has 2 heterocycles. The van der Waals surface area contributed by atoms with Gasteiger partial charge in [-0.2, -0.15) is 0 Å². The smallest absolute Gasteiger partial charge is 0.275 e. The van der Waals surface area contributed by atoms with E-state index in [1.165, 1.54) is 11.3 Å². The van der Waals surface area contributed by atoms with E-state index in [9.17, 15) is 4.79 Å². The number of rotatable bonds is 3. The van der Waals surface area contributed by atoms with Gasteiger partial charge in [-0.05, 0) is 18.6 Å². The number of hydrogen-bond donors (Lipinski definition) is 2. The van der Waals surface area contributed by atoms with Gasteiger partial charge in [-0.1, -0.05) is 23.2 Å². The highest BCUT2D eigenvalue weighted by Crippen LogP contribution is 2.27. The molecule has 0 bridgehead atoms. The van der Waals surface area contributed by atoms with Crippen LogP contribution < -0.4 is 11.1 Å². The minimum atomic E-state index is -0.356. The summed E-state index contributed by atoms with van der Waals surface area (Å²) in [4.78, 5) is 20.0. The highest BCUT2D eigenvalue weighted by molar-refractivity contribution is 7.09. The van der Waals surface area contributed by atoms with Crippen molar-refractivity contribution in [3.8, 4) is 0 Å². The Morgan fingerprint density at radius 2 is 2.21 bits per heavy atom. The molecule has 2 aromatic heterocycles. The molecule has 0 aliphatic heterocycles. The summed E-state index contributed by atoms with van der Waals surface area (Å²) in [5.74, 6) is -0.356. The Morgan fingerprint density at radius 1 is 1.47 bits per heavy atom. The molecule has 0 saturated carbocycles. The molecule has 0 radical (unpaired) electrons. The summed E-state index contributed by atoms with van der Waals surface area (Å²) < 4.78 is 0. The van der Waals surface area contributed by atoms with Crippen molar-refractivity contribution in [2.75, 3.05) is 5.32 Å². The third-order valence-electron chi connectivity index (χ3n) is 2.34. The maximum absolute atomic E-state index is 12.0. The third-order valence-corrected chi connectivity index (χ3v) is 3.68. The van der Waals surface area contributed by atoms with Crippen LogP contribution in [0.2, 0.25) is 10.3 Å². The molecule has 2 aromatic rings. The molecule has 8 heteroatoms. The number of carbonyl (C=O) groups excluding carboxylic acids is 1. The number of pyridine rings is 1. The van der Waals surface area contributed by atoms with Crippen LogP contribution in [0.15, 0.2) is 11.4 Å². The number of nitrogens with zero attached hydrogens (tertiary/aromatic N) is 2. The van der Waals surface area contributed by atoms with Crippen LogP contribution in [0.1, 0.15) is 21.1 Å². The third kappa shape index (κ3) is 3.22. The fourth-order valence-corrected chi connectivity index (χ4v) is 2.67. The SMILES string of the molecule is Cc1cc(Cl)nc(Cl)c1NC(=O)c1csc(CN)n1. The summed E-state index contributed by atoms with van der Waals surface area (Å²) in [6, 6.07) is 1.62. The molecule has 19 heavy (non-hydrogen) atoms. The van der Waals surface area contributed by atoms with Crippen LogP contribution in [0.25, 0.3) is 0 Å². The molecule has 5 nitrogen and oxygen atoms in total. The first-order chi connectivity index (χ1) is 9.01. The molecule has 0 aliphatic carbocycles. The summed E-state index contributed by atoms with van der Waals surface area (Å²) >= 11 is 13.0. The van der Waals surface area contributed by atoms with E-state index in [0.29, 0.717) is 22.9 Å². The quantitative estimate of drug-likeness (QED) is 0.853. The van der Waals surface area contributed by atoms with Crippen molar-refractivity contribution in [3.63, 3.8) is 0 Å². The van der Waals surface area contributed by atoms with Gasteiger partial charge in [-0.3, -0.25) is 4.79 Å². The maximum Gasteiger partial charge on any atom is 0.275 e. The van der Waals surface area contributed by atoms with E-state index in [4.69, 9.17) is 28.9 Å². The van der Waals surface area contributed by atoms with Crippen molar-refractivity contribution in [2.24, 2.45) is 5.73 Å². The van der Waals surface area contributed by atoms with Gasteiger partial charge >= 0.3 is 0 Å². The molecule has 0 saturated heterocycles. The zero-order valence-electron chi connectivity index (χ0n) is 9.91. The van der Waals surface area contributed by atoms with Crippen LogP contribution in [-0.4, -0.2) is 15.9 Å². The number of aryl methyl sites for hydroxylation is 1. The first kappa shape index (κ1) is 14.2. The van der Waals surface area contributed by atoms with Gasteiger partial charge in [0.25, 0.3) is 5.91 Å². The average molecular weight is 317 g/mol. The van der Waals surface area contributed by atoms with Crippen molar-refractivity contribution in [1.82, 2.24) is 9.97 Å². The molecule has 0 aliphatic rings. The summed E-state index contributed by atoms with van der Waals surface area (Å²) in [6.45, 7) is 2.08. The molecule has 2 rings (SSSR count). The normalized spacial score (nSPS) is 10.5. The van der Waals surface area contributed by atoms with Crippen LogP contribution in [0.5, 0.6) is 0 Å². The van der Waals surface area contributed by atoms with E-state index in [-0.39, 0.29) is 16.2 Å². The minimum absolute atomic E-state index is 0.146. The lowest BCUT2D eigenvalue weighted by atomic mass is 10.2. The van der Waals surface area contributed by atoms with Crippen LogP contribution in [0.3, 0.4) is 0 Å². The molecule has 3 N–H and O–H groups in total. The number of thiazole rings is 1. The highest BCUT2D eigenvalue weighted by atomic mass is 35.5. The lowest BCUT2D eigenvalue weighted by molar-refractivity contribution is 0.102. The summed E-state index contributed by atoms with van der Waals surface area (Å²) in [6.07, 6.45) is 0. The van der Waals surface area contributed by atoms with Crippen molar-refractivity contribution >= 4 is 46.1 Å². The molecule has 0 fully saturated rings. The number of carbonyl (C=O) groups is 1. The average Bonchev–Trinajstić information content (AvgIpc) is 2.82. The Hall–Kier alpha value is -1.21. The summed E-state index contributed by atoms with van der Waals surface area (Å²) in [7, 11) is 0. The first-order valence-corrected chi connectivity index (χ1v) is 6.93. The molecular formula is C11H10Cl2N4OS. The molecular weight excluding hydrogens is 307 g/mol. The standard InChI is InChI=1S/C11H10Cl2N4OS/c1-5-2-7(12)16-10(13)9(5)17-11(18)6-4-19-8(3-14)15-6/h2,4H,3,14H2,1H3,(H,17,18). The molecule has 0 aromatic carbocycles. The predicted octanol–water partition coefficient (Wildman–Crippen LogP) is 2.86. The van der Waals surface area contributed by atoms with Gasteiger partial charge in [-0.25, -0.2) is 9.97 Å². The molecule has 100 valence electrons. The van der Waals surface area contributed by atoms with Gasteiger partial charge < -0.3 is 11.1 Å². The number of nitrogens with one attached hydrogen (secondary N) is 1. The second kappa shape index (κ2) is 5.83. The fourth-order valence-electron chi connectivity index (χ4n) is 1.43. The molecule has 0 atom stereocenters. The second-order valence-corrected chi connectivity index (χ2v) is 5.40. The van der Waals surface area contributed by atoms with Crippen LogP contribution >= 0.6 is 34.5 Å². The monoisotopic (exact) mass is 316 g/mol. The predicted molar refractivity (Wildman–Crippen MR) is 77.0 cm³/mol. The fraction of sp³-hybridized carbons (Fsp3) is 0.182. The van der Waals surface area contributed by atoms with Gasteiger partial charge in [-0.15, -0.1) is 11.3 Å². The van der Waals surface area contributed by atoms with Gasteiger partial charge in [0.15, 0.2) is 5.15 Å². The minimum Gasteiger partial charge on any atom is -0.325 e. The van der Waals surface area contributed by atoms with Crippen molar-refractivity contribution in [2.45, 2.75) is 13.5 Å². The van der Waals surface area contributed by atoms with Crippen molar-refractivity contribution in [3.05, 3.63) is 38.0 Å². The number of nitrogens with two attached hydrogens (primary N) is 1. The van der Waals surface area contributed by atoms with Crippen LogP contribution in [-0.2, 0) is 6.54 Å².